The highest BCUT2D eigenvalue weighted by Crippen LogP contribution is 2.23. The Balaban J connectivity index is 1.83. The molecule has 0 unspecified atom stereocenters. The van der Waals surface area contributed by atoms with Crippen LogP contribution in [0.3, 0.4) is 0 Å². The van der Waals surface area contributed by atoms with Gasteiger partial charge in [0.1, 0.15) is 17.5 Å². The molecule has 168 valence electrons. The molecule has 1 aromatic rings. The van der Waals surface area contributed by atoms with Gasteiger partial charge in [-0.3, -0.25) is 4.99 Å². The Morgan fingerprint density at radius 3 is 2.65 bits per heavy atom. The minimum atomic E-state index is 0.191. The van der Waals surface area contributed by atoms with Crippen molar-refractivity contribution in [1.82, 2.24) is 9.80 Å². The average Bonchev–Trinajstić information content (AvgIpc) is 2.73. The van der Waals surface area contributed by atoms with Gasteiger partial charge in [-0.05, 0) is 57.6 Å². The fourth-order valence-corrected chi connectivity index (χ4v) is 4.01. The number of hydrogen-bond donors (Lipinski definition) is 4. The first kappa shape index (κ1) is 23.0. The molecule has 0 saturated carbocycles. The number of nitrogens with two attached hydrogens (primary N) is 4. The standard InChI is InChI=1S/C22H33ClN8/c1-14-3-4-17(23)16(11-14)13-31-10-7-28-22(27)19(31)12-18(24)21(26)29-20(25)15-5-8-30(2)9-6-15/h3-4,11-12,15H,5-10,13,24,26H2,1-2H3,(H2,25,29)(H2,27,28). The molecule has 1 saturated heterocycles. The zero-order valence-electron chi connectivity index (χ0n) is 18.3. The molecule has 1 fully saturated rings. The Bertz CT molecular complexity index is 925. The highest BCUT2D eigenvalue weighted by atomic mass is 35.5. The second-order valence-electron chi connectivity index (χ2n) is 8.27. The summed E-state index contributed by atoms with van der Waals surface area (Å²) in [4.78, 5) is 13.1. The van der Waals surface area contributed by atoms with Crippen LogP contribution < -0.4 is 22.9 Å². The van der Waals surface area contributed by atoms with Crippen LogP contribution in [0.1, 0.15) is 24.0 Å². The van der Waals surface area contributed by atoms with E-state index in [1.807, 2.05) is 19.1 Å². The van der Waals surface area contributed by atoms with E-state index >= 15 is 0 Å². The first-order valence-electron chi connectivity index (χ1n) is 10.5. The van der Waals surface area contributed by atoms with E-state index < -0.39 is 0 Å². The lowest BCUT2D eigenvalue weighted by Crippen LogP contribution is -2.38. The Morgan fingerprint density at radius 1 is 1.23 bits per heavy atom. The summed E-state index contributed by atoms with van der Waals surface area (Å²) in [5, 5.41) is 0.713. The summed E-state index contributed by atoms with van der Waals surface area (Å²) < 4.78 is 0. The lowest BCUT2D eigenvalue weighted by Gasteiger charge is -2.30. The van der Waals surface area contributed by atoms with Gasteiger partial charge < -0.3 is 32.7 Å². The van der Waals surface area contributed by atoms with Gasteiger partial charge in [-0.25, -0.2) is 4.99 Å². The van der Waals surface area contributed by atoms with Crippen molar-refractivity contribution >= 4 is 23.3 Å². The lowest BCUT2D eigenvalue weighted by atomic mass is 9.96. The molecule has 9 heteroatoms. The van der Waals surface area contributed by atoms with Gasteiger partial charge in [-0.1, -0.05) is 29.3 Å². The molecule has 2 heterocycles. The Morgan fingerprint density at radius 2 is 1.94 bits per heavy atom. The maximum atomic E-state index is 6.40. The zero-order chi connectivity index (χ0) is 22.5. The molecular weight excluding hydrogens is 412 g/mol. The van der Waals surface area contributed by atoms with E-state index in [2.05, 4.69) is 32.9 Å². The number of allylic oxidation sites excluding steroid dienone is 1. The summed E-state index contributed by atoms with van der Waals surface area (Å²) >= 11 is 6.40. The fraction of sp³-hybridized carbons (Fsp3) is 0.455. The third-order valence-electron chi connectivity index (χ3n) is 5.79. The van der Waals surface area contributed by atoms with Crippen molar-refractivity contribution in [2.75, 3.05) is 33.2 Å². The fourth-order valence-electron chi connectivity index (χ4n) is 3.83. The van der Waals surface area contributed by atoms with Gasteiger partial charge in [0.2, 0.25) is 0 Å². The Hall–Kier alpha value is -2.71. The number of hydrogen-bond acceptors (Lipinski definition) is 7. The number of amidine groups is 2. The first-order chi connectivity index (χ1) is 14.7. The number of halogens is 1. The lowest BCUT2D eigenvalue weighted by molar-refractivity contribution is 0.251. The topological polar surface area (TPSA) is 135 Å². The quantitative estimate of drug-likeness (QED) is 0.401. The second-order valence-corrected chi connectivity index (χ2v) is 8.67. The molecule has 2 aliphatic rings. The predicted octanol–water partition coefficient (Wildman–Crippen LogP) is 1.49. The van der Waals surface area contributed by atoms with Crippen molar-refractivity contribution in [3.05, 3.63) is 57.6 Å². The van der Waals surface area contributed by atoms with Crippen LogP contribution in [0, 0.1) is 12.8 Å². The van der Waals surface area contributed by atoms with Gasteiger partial charge in [-0.15, -0.1) is 0 Å². The van der Waals surface area contributed by atoms with E-state index in [1.54, 1.807) is 6.08 Å². The number of aryl methyl sites for hydroxylation is 1. The first-order valence-corrected chi connectivity index (χ1v) is 10.9. The van der Waals surface area contributed by atoms with E-state index in [0.717, 1.165) is 37.1 Å². The maximum Gasteiger partial charge on any atom is 0.148 e. The molecular formula is C22H33ClN8. The van der Waals surface area contributed by atoms with Crippen LogP contribution >= 0.6 is 11.6 Å². The number of likely N-dealkylation sites (tertiary alicyclic amines) is 1. The summed E-state index contributed by atoms with van der Waals surface area (Å²) in [6.07, 6.45) is 3.65. The van der Waals surface area contributed by atoms with Crippen LogP contribution in [0.2, 0.25) is 5.02 Å². The van der Waals surface area contributed by atoms with Crippen molar-refractivity contribution in [3.63, 3.8) is 0 Å². The van der Waals surface area contributed by atoms with Gasteiger partial charge in [0.15, 0.2) is 0 Å². The van der Waals surface area contributed by atoms with Crippen LogP contribution in [0.25, 0.3) is 0 Å². The average molecular weight is 445 g/mol. The highest BCUT2D eigenvalue weighted by Gasteiger charge is 2.21. The smallest absolute Gasteiger partial charge is 0.148 e. The van der Waals surface area contributed by atoms with Crippen molar-refractivity contribution in [2.24, 2.45) is 38.8 Å². The van der Waals surface area contributed by atoms with E-state index in [1.165, 1.54) is 0 Å². The number of benzene rings is 1. The second kappa shape index (κ2) is 10.1. The Labute approximate surface area is 189 Å². The molecule has 0 aliphatic carbocycles. The molecule has 8 N–H and O–H groups in total. The summed E-state index contributed by atoms with van der Waals surface area (Å²) in [7, 11) is 2.10. The van der Waals surface area contributed by atoms with Gasteiger partial charge in [0.05, 0.1) is 17.9 Å². The van der Waals surface area contributed by atoms with Crippen LogP contribution in [-0.4, -0.2) is 54.7 Å². The van der Waals surface area contributed by atoms with Crippen molar-refractivity contribution in [3.8, 4) is 0 Å². The number of aliphatic imine (C=N–C) groups is 2. The molecule has 0 radical (unpaired) electrons. The highest BCUT2D eigenvalue weighted by molar-refractivity contribution is 6.31. The van der Waals surface area contributed by atoms with E-state index in [0.29, 0.717) is 47.7 Å². The summed E-state index contributed by atoms with van der Waals surface area (Å²) in [5.41, 5.74) is 28.0. The van der Waals surface area contributed by atoms with E-state index in [4.69, 9.17) is 34.5 Å². The van der Waals surface area contributed by atoms with Crippen LogP contribution in [-0.2, 0) is 6.54 Å². The minimum Gasteiger partial charge on any atom is -0.396 e. The zero-order valence-corrected chi connectivity index (χ0v) is 19.1. The number of rotatable bonds is 5. The predicted molar refractivity (Wildman–Crippen MR) is 128 cm³/mol. The molecule has 0 aromatic heterocycles. The molecule has 8 nitrogen and oxygen atoms in total. The van der Waals surface area contributed by atoms with Crippen molar-refractivity contribution in [1.29, 1.82) is 0 Å². The maximum absolute atomic E-state index is 6.40. The SMILES string of the molecule is Cc1ccc(Cl)c(CN2CCN=C(N)C2=CC(N)=C(N)N=C(N)C2CCN(C)CC2)c1. The minimum absolute atomic E-state index is 0.191. The summed E-state index contributed by atoms with van der Waals surface area (Å²) in [5.74, 6) is 1.35. The van der Waals surface area contributed by atoms with Crippen molar-refractivity contribution < 1.29 is 0 Å². The molecule has 0 amide bonds. The van der Waals surface area contributed by atoms with Gasteiger partial charge in [0, 0.05) is 24.0 Å². The van der Waals surface area contributed by atoms with Gasteiger partial charge >= 0.3 is 0 Å². The van der Waals surface area contributed by atoms with Crippen molar-refractivity contribution in [2.45, 2.75) is 26.3 Å². The molecule has 1 aromatic carbocycles. The molecule has 0 spiro atoms. The molecule has 31 heavy (non-hydrogen) atoms. The van der Waals surface area contributed by atoms with Gasteiger partial charge in [0.25, 0.3) is 0 Å². The number of piperidine rings is 1. The normalized spacial score (nSPS) is 21.3. The monoisotopic (exact) mass is 444 g/mol. The van der Waals surface area contributed by atoms with E-state index in [-0.39, 0.29) is 11.7 Å². The van der Waals surface area contributed by atoms with Crippen LogP contribution in [0.4, 0.5) is 0 Å². The van der Waals surface area contributed by atoms with Crippen LogP contribution in [0.15, 0.2) is 51.5 Å². The molecule has 3 rings (SSSR count). The molecule has 0 atom stereocenters. The molecule has 0 bridgehead atoms. The summed E-state index contributed by atoms with van der Waals surface area (Å²) in [6.45, 7) is 5.92. The third kappa shape index (κ3) is 5.92. The van der Waals surface area contributed by atoms with Crippen LogP contribution in [0.5, 0.6) is 0 Å². The third-order valence-corrected chi connectivity index (χ3v) is 6.16. The Kier molecular flexibility index (Phi) is 7.46. The molecule has 2 aliphatic heterocycles. The largest absolute Gasteiger partial charge is 0.396 e. The summed E-state index contributed by atoms with van der Waals surface area (Å²) in [6, 6.07) is 5.97. The van der Waals surface area contributed by atoms with Gasteiger partial charge in [-0.2, -0.15) is 0 Å². The van der Waals surface area contributed by atoms with E-state index in [9.17, 15) is 0 Å². The number of nitrogens with zero attached hydrogens (tertiary/aromatic N) is 4.